The SMILES string of the molecule is CC[C@]12C=CCN(C)C(=O)[C@H]1[C@H]1C(=O)N([C@H](CO)c3ccccc3)C3C(=O)N(c4ccccc4Cl)CC=C[C@@]31O2. The molecule has 208 valence electrons. The summed E-state index contributed by atoms with van der Waals surface area (Å²) in [5.41, 5.74) is -1.28. The van der Waals surface area contributed by atoms with Gasteiger partial charge in [-0.2, -0.15) is 0 Å². The van der Waals surface area contributed by atoms with Crippen molar-refractivity contribution in [2.45, 2.75) is 36.6 Å². The summed E-state index contributed by atoms with van der Waals surface area (Å²) >= 11 is 6.55. The molecule has 40 heavy (non-hydrogen) atoms. The van der Waals surface area contributed by atoms with E-state index in [1.165, 1.54) is 4.90 Å². The Kier molecular flexibility index (Phi) is 6.60. The Labute approximate surface area is 238 Å². The summed E-state index contributed by atoms with van der Waals surface area (Å²) in [4.78, 5) is 47.9. The average Bonchev–Trinajstić information content (AvgIpc) is 3.26. The number of rotatable bonds is 5. The number of benzene rings is 2. The Bertz CT molecular complexity index is 1410. The van der Waals surface area contributed by atoms with Gasteiger partial charge in [0, 0.05) is 20.1 Å². The van der Waals surface area contributed by atoms with E-state index in [4.69, 9.17) is 16.3 Å². The molecule has 6 rings (SSSR count). The average molecular weight is 562 g/mol. The van der Waals surface area contributed by atoms with Gasteiger partial charge in [0.05, 0.1) is 40.8 Å². The molecule has 1 unspecified atom stereocenters. The molecule has 0 saturated carbocycles. The van der Waals surface area contributed by atoms with E-state index in [0.29, 0.717) is 29.2 Å². The third-order valence-corrected chi connectivity index (χ3v) is 9.24. The summed E-state index contributed by atoms with van der Waals surface area (Å²) in [6, 6.07) is 14.3. The van der Waals surface area contributed by atoms with Gasteiger partial charge in [-0.05, 0) is 24.1 Å². The molecular formula is C31H32ClN3O5. The first kappa shape index (κ1) is 26.7. The lowest BCUT2D eigenvalue weighted by atomic mass is 9.73. The van der Waals surface area contributed by atoms with Gasteiger partial charge in [0.1, 0.15) is 11.6 Å². The van der Waals surface area contributed by atoms with Crippen LogP contribution in [-0.4, -0.2) is 76.6 Å². The number of hydrogen-bond acceptors (Lipinski definition) is 5. The molecular weight excluding hydrogens is 530 g/mol. The van der Waals surface area contributed by atoms with Gasteiger partial charge < -0.3 is 24.5 Å². The highest BCUT2D eigenvalue weighted by Crippen LogP contribution is 2.59. The molecule has 0 aromatic heterocycles. The van der Waals surface area contributed by atoms with Crippen LogP contribution < -0.4 is 4.90 Å². The molecule has 2 fully saturated rings. The van der Waals surface area contributed by atoms with Crippen molar-refractivity contribution in [1.29, 1.82) is 0 Å². The van der Waals surface area contributed by atoms with Crippen molar-refractivity contribution in [3.8, 4) is 0 Å². The number of halogens is 1. The highest BCUT2D eigenvalue weighted by atomic mass is 35.5. The molecule has 4 aliphatic rings. The first-order valence-electron chi connectivity index (χ1n) is 13.6. The number of para-hydroxylation sites is 1. The topological polar surface area (TPSA) is 90.4 Å². The molecule has 2 aromatic rings. The predicted octanol–water partition coefficient (Wildman–Crippen LogP) is 3.37. The van der Waals surface area contributed by atoms with Crippen LogP contribution in [0.2, 0.25) is 5.02 Å². The van der Waals surface area contributed by atoms with Crippen LogP contribution in [0.15, 0.2) is 78.9 Å². The molecule has 1 N–H and O–H groups in total. The largest absolute Gasteiger partial charge is 0.394 e. The lowest BCUT2D eigenvalue weighted by Gasteiger charge is -2.41. The molecule has 0 aliphatic carbocycles. The van der Waals surface area contributed by atoms with Gasteiger partial charge in [-0.25, -0.2) is 0 Å². The van der Waals surface area contributed by atoms with E-state index in [-0.39, 0.29) is 24.3 Å². The zero-order valence-electron chi connectivity index (χ0n) is 22.4. The number of aliphatic hydroxyl groups is 1. The van der Waals surface area contributed by atoms with Crippen LogP contribution in [0.4, 0.5) is 5.69 Å². The molecule has 4 heterocycles. The van der Waals surface area contributed by atoms with Crippen molar-refractivity contribution in [3.05, 3.63) is 89.5 Å². The Hall–Kier alpha value is -3.46. The number of nitrogens with zero attached hydrogens (tertiary/aromatic N) is 3. The summed E-state index contributed by atoms with van der Waals surface area (Å²) in [5, 5.41) is 11.1. The lowest BCUT2D eigenvalue weighted by molar-refractivity contribution is -0.152. The third kappa shape index (κ3) is 3.70. The van der Waals surface area contributed by atoms with Gasteiger partial charge in [-0.3, -0.25) is 14.4 Å². The van der Waals surface area contributed by atoms with Gasteiger partial charge in [-0.1, -0.05) is 85.3 Å². The van der Waals surface area contributed by atoms with E-state index in [1.807, 2.05) is 61.6 Å². The predicted molar refractivity (Wildman–Crippen MR) is 150 cm³/mol. The molecule has 8 nitrogen and oxygen atoms in total. The number of likely N-dealkylation sites (tertiary alicyclic amines) is 1. The minimum Gasteiger partial charge on any atom is -0.394 e. The van der Waals surface area contributed by atoms with Crippen molar-refractivity contribution < 1.29 is 24.2 Å². The molecule has 3 amide bonds. The summed E-state index contributed by atoms with van der Waals surface area (Å²) in [5.74, 6) is -2.75. The van der Waals surface area contributed by atoms with E-state index < -0.39 is 41.7 Å². The fraction of sp³-hybridized carbons (Fsp3) is 0.387. The van der Waals surface area contributed by atoms with Gasteiger partial charge in [-0.15, -0.1) is 0 Å². The van der Waals surface area contributed by atoms with Crippen molar-refractivity contribution >= 4 is 35.0 Å². The fourth-order valence-corrected chi connectivity index (χ4v) is 7.31. The summed E-state index contributed by atoms with van der Waals surface area (Å²) in [6.45, 7) is 2.14. The monoisotopic (exact) mass is 561 g/mol. The normalized spacial score (nSPS) is 32.0. The highest BCUT2D eigenvalue weighted by Gasteiger charge is 2.76. The van der Waals surface area contributed by atoms with Crippen LogP contribution >= 0.6 is 11.6 Å². The minimum atomic E-state index is -1.43. The second kappa shape index (κ2) is 9.87. The number of aliphatic hydroxyl groups excluding tert-OH is 1. The van der Waals surface area contributed by atoms with Crippen LogP contribution in [0.5, 0.6) is 0 Å². The summed E-state index contributed by atoms with van der Waals surface area (Å²) in [7, 11) is 1.71. The van der Waals surface area contributed by atoms with E-state index in [1.54, 1.807) is 41.1 Å². The molecule has 6 atom stereocenters. The number of anilines is 1. The van der Waals surface area contributed by atoms with Crippen LogP contribution in [0.3, 0.4) is 0 Å². The van der Waals surface area contributed by atoms with Crippen LogP contribution in [0, 0.1) is 11.8 Å². The molecule has 0 bridgehead atoms. The quantitative estimate of drug-likeness (QED) is 0.565. The zero-order chi connectivity index (χ0) is 28.2. The molecule has 2 saturated heterocycles. The number of hydrogen-bond donors (Lipinski definition) is 1. The van der Waals surface area contributed by atoms with E-state index >= 15 is 0 Å². The number of carbonyl (C=O) groups excluding carboxylic acids is 3. The van der Waals surface area contributed by atoms with Gasteiger partial charge in [0.2, 0.25) is 11.8 Å². The van der Waals surface area contributed by atoms with Crippen LogP contribution in [0.25, 0.3) is 0 Å². The van der Waals surface area contributed by atoms with Crippen LogP contribution in [0.1, 0.15) is 24.9 Å². The third-order valence-electron chi connectivity index (χ3n) is 8.92. The van der Waals surface area contributed by atoms with Crippen molar-refractivity contribution in [3.63, 3.8) is 0 Å². The van der Waals surface area contributed by atoms with Crippen molar-refractivity contribution in [1.82, 2.24) is 9.80 Å². The smallest absolute Gasteiger partial charge is 0.253 e. The zero-order valence-corrected chi connectivity index (χ0v) is 23.2. The minimum absolute atomic E-state index is 0.198. The molecule has 1 spiro atoms. The van der Waals surface area contributed by atoms with E-state index in [2.05, 4.69) is 0 Å². The van der Waals surface area contributed by atoms with E-state index in [0.717, 1.165) is 0 Å². The maximum absolute atomic E-state index is 14.7. The fourth-order valence-electron chi connectivity index (χ4n) is 7.07. The molecule has 4 aliphatic heterocycles. The van der Waals surface area contributed by atoms with Gasteiger partial charge >= 0.3 is 0 Å². The number of fused-ring (bicyclic) bond motifs is 2. The Morgan fingerprint density at radius 2 is 1.65 bits per heavy atom. The van der Waals surface area contributed by atoms with Gasteiger partial charge in [0.25, 0.3) is 5.91 Å². The second-order valence-corrected chi connectivity index (χ2v) is 11.3. The van der Waals surface area contributed by atoms with Crippen LogP contribution in [-0.2, 0) is 19.1 Å². The maximum Gasteiger partial charge on any atom is 0.253 e. The first-order chi connectivity index (χ1) is 19.3. The Balaban J connectivity index is 1.57. The highest BCUT2D eigenvalue weighted by molar-refractivity contribution is 6.34. The number of amides is 3. The lowest BCUT2D eigenvalue weighted by Crippen LogP contribution is -2.57. The van der Waals surface area contributed by atoms with E-state index in [9.17, 15) is 19.5 Å². The Morgan fingerprint density at radius 1 is 0.950 bits per heavy atom. The number of ether oxygens (including phenoxy) is 1. The Morgan fingerprint density at radius 3 is 2.35 bits per heavy atom. The number of likely N-dealkylation sites (N-methyl/N-ethyl adjacent to an activating group) is 1. The summed E-state index contributed by atoms with van der Waals surface area (Å²) in [6.07, 6.45) is 7.88. The summed E-state index contributed by atoms with van der Waals surface area (Å²) < 4.78 is 6.97. The van der Waals surface area contributed by atoms with Crippen molar-refractivity contribution in [2.24, 2.45) is 11.8 Å². The molecule has 2 aromatic carbocycles. The standard InChI is InChI=1S/C31H32ClN3O5/c1-3-30-15-9-17-33(2)27(37)24(30)25-28(38)35(23(19-36)20-11-5-4-6-12-20)26-29(39)34(18-10-16-31(25,26)40-30)22-14-8-7-13-21(22)32/h4-16,23-26,36H,3,17-19H2,1-2H3/t23-,24-,25+,26?,30+,31+/m1/s1. The van der Waals surface area contributed by atoms with Crippen molar-refractivity contribution in [2.75, 3.05) is 31.6 Å². The van der Waals surface area contributed by atoms with Gasteiger partial charge in [0.15, 0.2) is 0 Å². The number of carbonyl (C=O) groups is 3. The molecule has 0 radical (unpaired) electrons. The molecule has 9 heteroatoms. The first-order valence-corrected chi connectivity index (χ1v) is 14.0. The second-order valence-electron chi connectivity index (χ2n) is 10.9. The maximum atomic E-state index is 14.7.